The average molecular weight is 196 g/mol. The van der Waals surface area contributed by atoms with Crippen molar-refractivity contribution < 1.29 is 13.9 Å². The molecule has 0 aliphatic rings. The van der Waals surface area contributed by atoms with Crippen LogP contribution >= 0.6 is 0 Å². The lowest BCUT2D eigenvalue weighted by Gasteiger charge is -2.10. The van der Waals surface area contributed by atoms with E-state index in [9.17, 15) is 9.18 Å². The van der Waals surface area contributed by atoms with Crippen molar-refractivity contribution in [3.63, 3.8) is 0 Å². The molecule has 0 bridgehead atoms. The molecule has 14 heavy (non-hydrogen) atoms. The monoisotopic (exact) mass is 196 g/mol. The molecule has 1 aromatic rings. The first-order valence-corrected chi connectivity index (χ1v) is 4.60. The van der Waals surface area contributed by atoms with E-state index in [1.807, 2.05) is 6.92 Å². The molecule has 2 nitrogen and oxygen atoms in total. The van der Waals surface area contributed by atoms with E-state index in [-0.39, 0.29) is 11.7 Å². The number of benzene rings is 1. The molecular formula is C11H13FO2. The second kappa shape index (κ2) is 4.74. The van der Waals surface area contributed by atoms with Crippen LogP contribution in [0.5, 0.6) is 0 Å². The summed E-state index contributed by atoms with van der Waals surface area (Å²) in [7, 11) is 0. The number of esters is 1. The SMILES string of the molecule is CCC(C)OC(=O)c1cccc(F)c1. The van der Waals surface area contributed by atoms with Crippen LogP contribution in [0.3, 0.4) is 0 Å². The van der Waals surface area contributed by atoms with Gasteiger partial charge in [0.15, 0.2) is 0 Å². The smallest absolute Gasteiger partial charge is 0.338 e. The number of carbonyl (C=O) groups is 1. The minimum Gasteiger partial charge on any atom is -0.459 e. The first-order valence-electron chi connectivity index (χ1n) is 4.60. The summed E-state index contributed by atoms with van der Waals surface area (Å²) in [6.45, 7) is 3.72. The third-order valence-corrected chi connectivity index (χ3v) is 1.94. The van der Waals surface area contributed by atoms with Crippen LogP contribution in [-0.4, -0.2) is 12.1 Å². The summed E-state index contributed by atoms with van der Waals surface area (Å²) in [5.74, 6) is -0.901. The van der Waals surface area contributed by atoms with Gasteiger partial charge in [-0.3, -0.25) is 0 Å². The Morgan fingerprint density at radius 1 is 1.57 bits per heavy atom. The van der Waals surface area contributed by atoms with E-state index >= 15 is 0 Å². The zero-order valence-electron chi connectivity index (χ0n) is 8.29. The van der Waals surface area contributed by atoms with Crippen LogP contribution in [0.15, 0.2) is 24.3 Å². The van der Waals surface area contributed by atoms with Gasteiger partial charge in [0.2, 0.25) is 0 Å². The number of hydrogen-bond donors (Lipinski definition) is 0. The minimum atomic E-state index is -0.473. The fourth-order valence-corrected chi connectivity index (χ4v) is 0.950. The summed E-state index contributed by atoms with van der Waals surface area (Å²) in [5.41, 5.74) is 0.255. The fraction of sp³-hybridized carbons (Fsp3) is 0.364. The Morgan fingerprint density at radius 3 is 2.86 bits per heavy atom. The number of halogens is 1. The van der Waals surface area contributed by atoms with Gasteiger partial charge in [-0.05, 0) is 31.5 Å². The topological polar surface area (TPSA) is 26.3 Å². The highest BCUT2D eigenvalue weighted by atomic mass is 19.1. The van der Waals surface area contributed by atoms with Crippen molar-refractivity contribution >= 4 is 5.97 Å². The van der Waals surface area contributed by atoms with Gasteiger partial charge in [-0.2, -0.15) is 0 Å². The Morgan fingerprint density at radius 2 is 2.29 bits per heavy atom. The van der Waals surface area contributed by atoms with Gasteiger partial charge < -0.3 is 4.74 Å². The zero-order chi connectivity index (χ0) is 10.6. The van der Waals surface area contributed by atoms with Crippen molar-refractivity contribution in [3.05, 3.63) is 35.6 Å². The van der Waals surface area contributed by atoms with Gasteiger partial charge >= 0.3 is 5.97 Å². The lowest BCUT2D eigenvalue weighted by molar-refractivity contribution is 0.0334. The van der Waals surface area contributed by atoms with Crippen LogP contribution in [0.1, 0.15) is 30.6 Å². The largest absolute Gasteiger partial charge is 0.459 e. The van der Waals surface area contributed by atoms with E-state index in [0.717, 1.165) is 6.42 Å². The number of rotatable bonds is 3. The Hall–Kier alpha value is -1.38. The van der Waals surface area contributed by atoms with Crippen molar-refractivity contribution in [2.45, 2.75) is 26.4 Å². The van der Waals surface area contributed by atoms with Gasteiger partial charge in [0.1, 0.15) is 5.82 Å². The van der Waals surface area contributed by atoms with Gasteiger partial charge in [0.25, 0.3) is 0 Å². The number of hydrogen-bond acceptors (Lipinski definition) is 2. The van der Waals surface area contributed by atoms with Crippen LogP contribution in [-0.2, 0) is 4.74 Å². The second-order valence-electron chi connectivity index (χ2n) is 3.13. The van der Waals surface area contributed by atoms with E-state index in [1.165, 1.54) is 24.3 Å². The molecule has 1 unspecified atom stereocenters. The summed E-state index contributed by atoms with van der Waals surface area (Å²) >= 11 is 0. The molecular weight excluding hydrogens is 183 g/mol. The van der Waals surface area contributed by atoms with Crippen molar-refractivity contribution in [2.75, 3.05) is 0 Å². The van der Waals surface area contributed by atoms with Crippen molar-refractivity contribution in [2.24, 2.45) is 0 Å². The summed E-state index contributed by atoms with van der Waals surface area (Å²) in [4.78, 5) is 11.4. The van der Waals surface area contributed by atoms with Gasteiger partial charge in [-0.25, -0.2) is 9.18 Å². The summed E-state index contributed by atoms with van der Waals surface area (Å²) < 4.78 is 17.8. The number of carbonyl (C=O) groups excluding carboxylic acids is 1. The molecule has 76 valence electrons. The maximum atomic E-state index is 12.7. The molecule has 1 rings (SSSR count). The molecule has 0 spiro atoms. The Bertz CT molecular complexity index is 323. The van der Waals surface area contributed by atoms with E-state index in [1.54, 1.807) is 6.92 Å². The van der Waals surface area contributed by atoms with Gasteiger partial charge in [-0.15, -0.1) is 0 Å². The molecule has 0 fully saturated rings. The highest BCUT2D eigenvalue weighted by molar-refractivity contribution is 5.89. The molecule has 0 aliphatic carbocycles. The van der Waals surface area contributed by atoms with E-state index in [2.05, 4.69) is 0 Å². The minimum absolute atomic E-state index is 0.134. The van der Waals surface area contributed by atoms with Gasteiger partial charge in [0.05, 0.1) is 11.7 Å². The Kier molecular flexibility index (Phi) is 3.63. The third-order valence-electron chi connectivity index (χ3n) is 1.94. The molecule has 0 amide bonds. The van der Waals surface area contributed by atoms with Crippen LogP contribution < -0.4 is 0 Å². The lowest BCUT2D eigenvalue weighted by Crippen LogP contribution is -2.14. The summed E-state index contributed by atoms with van der Waals surface area (Å²) in [6, 6.07) is 5.49. The second-order valence-corrected chi connectivity index (χ2v) is 3.13. The first kappa shape index (κ1) is 10.7. The van der Waals surface area contributed by atoms with E-state index in [4.69, 9.17) is 4.74 Å². The Labute approximate surface area is 82.7 Å². The van der Waals surface area contributed by atoms with Crippen LogP contribution in [0.2, 0.25) is 0 Å². The standard InChI is InChI=1S/C11H13FO2/c1-3-8(2)14-11(13)9-5-4-6-10(12)7-9/h4-8H,3H2,1-2H3. The highest BCUT2D eigenvalue weighted by Gasteiger charge is 2.10. The first-order chi connectivity index (χ1) is 6.63. The van der Waals surface area contributed by atoms with Crippen molar-refractivity contribution in [1.29, 1.82) is 0 Å². The molecule has 0 heterocycles. The zero-order valence-corrected chi connectivity index (χ0v) is 8.29. The molecule has 0 saturated carbocycles. The molecule has 0 saturated heterocycles. The molecule has 0 radical (unpaired) electrons. The summed E-state index contributed by atoms with van der Waals surface area (Å²) in [6.07, 6.45) is 0.617. The normalized spacial score (nSPS) is 12.2. The average Bonchev–Trinajstić information content (AvgIpc) is 2.17. The summed E-state index contributed by atoms with van der Waals surface area (Å²) in [5, 5.41) is 0. The maximum Gasteiger partial charge on any atom is 0.338 e. The molecule has 1 atom stereocenters. The lowest BCUT2D eigenvalue weighted by atomic mass is 10.2. The number of ether oxygens (including phenoxy) is 1. The van der Waals surface area contributed by atoms with E-state index in [0.29, 0.717) is 0 Å². The quantitative estimate of drug-likeness (QED) is 0.695. The predicted octanol–water partition coefficient (Wildman–Crippen LogP) is 2.78. The van der Waals surface area contributed by atoms with Crippen molar-refractivity contribution in [1.82, 2.24) is 0 Å². The van der Waals surface area contributed by atoms with Gasteiger partial charge in [0, 0.05) is 0 Å². The van der Waals surface area contributed by atoms with Crippen LogP contribution in [0.25, 0.3) is 0 Å². The highest BCUT2D eigenvalue weighted by Crippen LogP contribution is 2.07. The van der Waals surface area contributed by atoms with Crippen LogP contribution in [0, 0.1) is 5.82 Å². The Balaban J connectivity index is 2.70. The molecule has 0 aliphatic heterocycles. The third kappa shape index (κ3) is 2.83. The predicted molar refractivity (Wildman–Crippen MR) is 51.6 cm³/mol. The molecule has 1 aromatic carbocycles. The van der Waals surface area contributed by atoms with Crippen molar-refractivity contribution in [3.8, 4) is 0 Å². The van der Waals surface area contributed by atoms with Gasteiger partial charge in [-0.1, -0.05) is 13.0 Å². The maximum absolute atomic E-state index is 12.7. The van der Waals surface area contributed by atoms with E-state index < -0.39 is 11.8 Å². The molecule has 0 aromatic heterocycles. The van der Waals surface area contributed by atoms with Crippen LogP contribution in [0.4, 0.5) is 4.39 Å². The fourth-order valence-electron chi connectivity index (χ4n) is 0.950. The molecule has 0 N–H and O–H groups in total. The molecule has 3 heteroatoms.